The Bertz CT molecular complexity index is 1340. The average molecular weight is 610 g/mol. The monoisotopic (exact) mass is 609 g/mol. The summed E-state index contributed by atoms with van der Waals surface area (Å²) < 4.78 is 22.6. The van der Waals surface area contributed by atoms with Gasteiger partial charge in [0.2, 0.25) is 5.43 Å². The third kappa shape index (κ3) is 7.26. The molecule has 4 rings (SSSR count). The van der Waals surface area contributed by atoms with E-state index in [1.165, 1.54) is 6.20 Å². The number of piperazine rings is 1. The Labute approximate surface area is 261 Å². The van der Waals surface area contributed by atoms with Gasteiger partial charge in [-0.25, -0.2) is 9.18 Å². The molecule has 3 heterocycles. The number of likely N-dealkylation sites (N-methyl/N-ethyl adjacent to an activating group) is 1. The van der Waals surface area contributed by atoms with E-state index in [9.17, 15) is 38.9 Å². The molecule has 1 aromatic heterocycles. The van der Waals surface area contributed by atoms with Crippen LogP contribution in [-0.4, -0.2) is 155 Å². The third-order valence-electron chi connectivity index (χ3n) is 6.67. The van der Waals surface area contributed by atoms with Gasteiger partial charge in [-0.2, -0.15) is 0 Å². The first-order valence-corrected chi connectivity index (χ1v) is 12.0. The fourth-order valence-corrected chi connectivity index (χ4v) is 4.34. The molecule has 0 radical (unpaired) electrons. The number of carbonyl (C=O) groups is 3. The SMILES string of the molecule is CC1COc2c(N3CCN(C)CC3)c(F)cc3c(=O)c(C(=O)O)cn1c23.O=C([O-])[C@@H](O)[C@@H](O)[C@H](O)[C@@H](O)C(=O)[O-].[Ca+2]. The molecule has 5 atom stereocenters. The van der Waals surface area contributed by atoms with Crippen molar-refractivity contribution in [2.24, 2.45) is 0 Å². The molecular weight excluding hydrogens is 581 g/mol. The number of aliphatic hydroxyl groups excluding tert-OH is 4. The van der Waals surface area contributed by atoms with Crippen molar-refractivity contribution in [2.45, 2.75) is 37.4 Å². The second-order valence-electron chi connectivity index (χ2n) is 9.48. The van der Waals surface area contributed by atoms with Crippen LogP contribution in [0.3, 0.4) is 0 Å². The van der Waals surface area contributed by atoms with Gasteiger partial charge in [-0.15, -0.1) is 0 Å². The summed E-state index contributed by atoms with van der Waals surface area (Å²) in [6.45, 7) is 5.08. The number of carboxylic acid groups (broad SMARTS) is 3. The number of aliphatic carboxylic acids is 2. The van der Waals surface area contributed by atoms with Gasteiger partial charge >= 0.3 is 43.7 Å². The van der Waals surface area contributed by atoms with Crippen molar-refractivity contribution >= 4 is 72.2 Å². The quantitative estimate of drug-likeness (QED) is 0.185. The van der Waals surface area contributed by atoms with E-state index < -0.39 is 53.6 Å². The van der Waals surface area contributed by atoms with E-state index in [1.54, 1.807) is 4.57 Å². The molecule has 0 saturated carbocycles. The molecule has 220 valence electrons. The normalized spacial score (nSPS) is 19.5. The number of halogens is 1. The molecule has 1 saturated heterocycles. The van der Waals surface area contributed by atoms with E-state index in [0.29, 0.717) is 30.0 Å². The van der Waals surface area contributed by atoms with Crippen LogP contribution in [0.15, 0.2) is 17.1 Å². The van der Waals surface area contributed by atoms with E-state index in [-0.39, 0.29) is 61.3 Å². The molecule has 0 bridgehead atoms. The molecule has 1 fully saturated rings. The summed E-state index contributed by atoms with van der Waals surface area (Å²) in [5.41, 5.74) is -0.224. The fraction of sp³-hybridized carbons (Fsp3) is 0.500. The predicted octanol–water partition coefficient (Wildman–Crippen LogP) is -4.91. The molecular formula is C24H28CaFN3O12. The number of benzene rings is 1. The summed E-state index contributed by atoms with van der Waals surface area (Å²) in [4.78, 5) is 48.0. The van der Waals surface area contributed by atoms with E-state index in [0.717, 1.165) is 19.2 Å². The summed E-state index contributed by atoms with van der Waals surface area (Å²) in [6.07, 6.45) is -8.42. The van der Waals surface area contributed by atoms with Crippen molar-refractivity contribution in [1.82, 2.24) is 9.47 Å². The summed E-state index contributed by atoms with van der Waals surface area (Å²) in [6, 6.07) is 0.994. The molecule has 0 aliphatic carbocycles. The van der Waals surface area contributed by atoms with Gasteiger partial charge in [-0.3, -0.25) is 4.79 Å². The van der Waals surface area contributed by atoms with Crippen molar-refractivity contribution in [3.63, 3.8) is 0 Å². The number of pyridine rings is 1. The number of aromatic nitrogens is 1. The van der Waals surface area contributed by atoms with Crippen LogP contribution < -0.4 is 25.3 Å². The van der Waals surface area contributed by atoms with Crippen molar-refractivity contribution in [2.75, 3.05) is 44.7 Å². The van der Waals surface area contributed by atoms with Crippen LogP contribution in [0.2, 0.25) is 0 Å². The van der Waals surface area contributed by atoms with Crippen LogP contribution >= 0.6 is 0 Å². The zero-order valence-corrected chi connectivity index (χ0v) is 24.3. The van der Waals surface area contributed by atoms with Crippen molar-refractivity contribution in [1.29, 1.82) is 0 Å². The molecule has 17 heteroatoms. The van der Waals surface area contributed by atoms with Crippen LogP contribution in [-0.2, 0) is 9.59 Å². The van der Waals surface area contributed by atoms with Crippen molar-refractivity contribution in [3.05, 3.63) is 33.9 Å². The first-order chi connectivity index (χ1) is 18.7. The fourth-order valence-electron chi connectivity index (χ4n) is 4.34. The van der Waals surface area contributed by atoms with Gasteiger partial charge < -0.3 is 64.4 Å². The maximum atomic E-state index is 15.0. The maximum Gasteiger partial charge on any atom is 2.00 e. The number of aromatic carboxylic acids is 1. The number of hydrogen-bond donors (Lipinski definition) is 5. The van der Waals surface area contributed by atoms with Gasteiger partial charge in [0.25, 0.3) is 0 Å². The van der Waals surface area contributed by atoms with E-state index in [4.69, 9.17) is 25.2 Å². The number of nitrogens with zero attached hydrogens (tertiary/aromatic N) is 3. The molecule has 2 aliphatic heterocycles. The molecule has 5 N–H and O–H groups in total. The molecule has 2 aromatic rings. The van der Waals surface area contributed by atoms with Gasteiger partial charge in [0.15, 0.2) is 11.6 Å². The zero-order valence-electron chi connectivity index (χ0n) is 22.1. The largest absolute Gasteiger partial charge is 2.00 e. The Morgan fingerprint density at radius 1 is 1.02 bits per heavy atom. The second-order valence-corrected chi connectivity index (χ2v) is 9.48. The van der Waals surface area contributed by atoms with Gasteiger partial charge in [0.1, 0.15) is 42.3 Å². The van der Waals surface area contributed by atoms with E-state index >= 15 is 0 Å². The molecule has 1 unspecified atom stereocenters. The smallest absolute Gasteiger partial charge is 0.547 e. The molecule has 0 spiro atoms. The minimum absolute atomic E-state index is 0. The number of carbonyl (C=O) groups excluding carboxylic acids is 2. The molecule has 0 amide bonds. The van der Waals surface area contributed by atoms with Crippen molar-refractivity contribution in [3.8, 4) is 5.75 Å². The number of carboxylic acids is 3. The van der Waals surface area contributed by atoms with E-state index in [1.807, 2.05) is 18.9 Å². The molecule has 15 nitrogen and oxygen atoms in total. The summed E-state index contributed by atoms with van der Waals surface area (Å²) >= 11 is 0. The van der Waals surface area contributed by atoms with Crippen LogP contribution in [0.1, 0.15) is 23.3 Å². The van der Waals surface area contributed by atoms with Crippen LogP contribution in [0.4, 0.5) is 10.1 Å². The third-order valence-corrected chi connectivity index (χ3v) is 6.67. The summed E-state index contributed by atoms with van der Waals surface area (Å²) in [5.74, 6) is -5.76. The zero-order chi connectivity index (χ0) is 30.0. The number of anilines is 1. The summed E-state index contributed by atoms with van der Waals surface area (Å²) in [5, 5.41) is 64.1. The maximum absolute atomic E-state index is 15.0. The molecule has 1 aromatic carbocycles. The Balaban J connectivity index is 0.000000338. The minimum Gasteiger partial charge on any atom is -0.547 e. The van der Waals surface area contributed by atoms with Crippen LogP contribution in [0.25, 0.3) is 10.9 Å². The second kappa shape index (κ2) is 14.1. The average Bonchev–Trinajstić information content (AvgIpc) is 2.90. The van der Waals surface area contributed by atoms with Crippen molar-refractivity contribution < 1.29 is 59.3 Å². The Hall–Kier alpha value is -2.57. The standard InChI is InChI=1S/C18H20FN3O4.C6H10O8.Ca/c1-10-9-26-17-14-11(16(23)12(18(24)25)8-22(10)14)7-13(19)15(17)21-5-3-20(2)4-6-21;7-1(3(9)5(11)12)2(8)4(10)6(13)14;/h7-8,10H,3-6,9H2,1-2H3,(H,24,25);1-4,7-10H,(H,11,12)(H,13,14);/q;;+2/p-2/t;1-,2-,3-,4+;/m.0./s1. The predicted molar refractivity (Wildman–Crippen MR) is 135 cm³/mol. The van der Waals surface area contributed by atoms with Gasteiger partial charge in [-0.05, 0) is 20.0 Å². The molecule has 41 heavy (non-hydrogen) atoms. The summed E-state index contributed by atoms with van der Waals surface area (Å²) in [7, 11) is 2.02. The van der Waals surface area contributed by atoms with Gasteiger partial charge in [-0.1, -0.05) is 0 Å². The number of ether oxygens (including phenoxy) is 1. The van der Waals surface area contributed by atoms with Gasteiger partial charge in [0.05, 0.1) is 28.9 Å². The first kappa shape index (κ1) is 34.6. The van der Waals surface area contributed by atoms with E-state index in [2.05, 4.69) is 4.90 Å². The van der Waals surface area contributed by atoms with Crippen LogP contribution in [0, 0.1) is 5.82 Å². The number of rotatable bonds is 7. The number of aliphatic hydroxyl groups is 4. The topological polar surface area (TPSA) is 236 Å². The number of hydrogen-bond acceptors (Lipinski definition) is 13. The van der Waals surface area contributed by atoms with Crippen LogP contribution in [0.5, 0.6) is 5.75 Å². The Morgan fingerprint density at radius 3 is 2.00 bits per heavy atom. The Kier molecular flexibility index (Phi) is 11.9. The first-order valence-electron chi connectivity index (χ1n) is 12.0. The molecule has 2 aliphatic rings. The Morgan fingerprint density at radius 2 is 1.54 bits per heavy atom. The minimum atomic E-state index is -2.50. The van der Waals surface area contributed by atoms with Gasteiger partial charge in [0, 0.05) is 32.4 Å².